The molecule has 0 bridgehead atoms. The zero-order valence-corrected chi connectivity index (χ0v) is 12.4. The van der Waals surface area contributed by atoms with Crippen LogP contribution in [0, 0.1) is 5.82 Å². The third-order valence-corrected chi connectivity index (χ3v) is 4.31. The van der Waals surface area contributed by atoms with Gasteiger partial charge in [-0.05, 0) is 11.6 Å². The predicted molar refractivity (Wildman–Crippen MR) is 80.5 cm³/mol. The van der Waals surface area contributed by atoms with Gasteiger partial charge in [-0.2, -0.15) is 4.72 Å². The zero-order valence-electron chi connectivity index (χ0n) is 10.7. The molecule has 2 aromatic rings. The predicted octanol–water partition coefficient (Wildman–Crippen LogP) is 1.53. The van der Waals surface area contributed by atoms with Crippen molar-refractivity contribution in [3.8, 4) is 0 Å². The first kappa shape index (κ1) is 15.5. The summed E-state index contributed by atoms with van der Waals surface area (Å²) in [5, 5.41) is 0. The smallest absolute Gasteiger partial charge is 0.243 e. The Morgan fingerprint density at radius 2 is 1.95 bits per heavy atom. The molecular formula is C13H12FN3O2S2. The van der Waals surface area contributed by atoms with Crippen LogP contribution < -0.4 is 10.5 Å². The highest BCUT2D eigenvalue weighted by molar-refractivity contribution is 7.89. The van der Waals surface area contributed by atoms with Crippen LogP contribution in [0.1, 0.15) is 11.6 Å². The first-order chi connectivity index (χ1) is 9.90. The first-order valence-corrected chi connectivity index (χ1v) is 7.76. The van der Waals surface area contributed by atoms with E-state index in [4.69, 9.17) is 18.0 Å². The van der Waals surface area contributed by atoms with Crippen molar-refractivity contribution in [2.24, 2.45) is 5.73 Å². The van der Waals surface area contributed by atoms with Crippen LogP contribution in [0.4, 0.5) is 4.39 Å². The summed E-state index contributed by atoms with van der Waals surface area (Å²) >= 11 is 4.90. The minimum absolute atomic E-state index is 0.0332. The van der Waals surface area contributed by atoms with Crippen molar-refractivity contribution in [1.82, 2.24) is 9.71 Å². The second-order valence-corrected chi connectivity index (χ2v) is 6.39. The Kier molecular flexibility index (Phi) is 4.61. The molecule has 5 nitrogen and oxygen atoms in total. The summed E-state index contributed by atoms with van der Waals surface area (Å²) in [6, 6.07) is 8.63. The Bertz CT molecular complexity index is 751. The second-order valence-electron chi connectivity index (χ2n) is 4.21. The molecule has 21 heavy (non-hydrogen) atoms. The van der Waals surface area contributed by atoms with Crippen molar-refractivity contribution in [3.05, 3.63) is 60.2 Å². The van der Waals surface area contributed by atoms with Gasteiger partial charge in [0.25, 0.3) is 0 Å². The molecule has 8 heteroatoms. The maximum atomic E-state index is 13.1. The van der Waals surface area contributed by atoms with Crippen LogP contribution in [-0.4, -0.2) is 18.4 Å². The van der Waals surface area contributed by atoms with Crippen molar-refractivity contribution in [2.75, 3.05) is 0 Å². The van der Waals surface area contributed by atoms with Crippen LogP contribution >= 0.6 is 12.2 Å². The molecule has 0 spiro atoms. The van der Waals surface area contributed by atoms with Gasteiger partial charge in [0.1, 0.15) is 10.7 Å². The first-order valence-electron chi connectivity index (χ1n) is 5.87. The van der Waals surface area contributed by atoms with Crippen LogP contribution in [0.3, 0.4) is 0 Å². The number of nitrogens with one attached hydrogen (secondary N) is 1. The molecule has 0 saturated heterocycles. The number of thiocarbonyl (C=S) groups is 1. The van der Waals surface area contributed by atoms with Gasteiger partial charge in [-0.3, -0.25) is 4.98 Å². The summed E-state index contributed by atoms with van der Waals surface area (Å²) in [7, 11) is -4.00. The number of nitrogens with zero attached hydrogens (tertiary/aromatic N) is 1. The van der Waals surface area contributed by atoms with Crippen LogP contribution in [0.15, 0.2) is 53.7 Å². The lowest BCUT2D eigenvalue weighted by Gasteiger charge is -2.17. The van der Waals surface area contributed by atoms with E-state index >= 15 is 0 Å². The highest BCUT2D eigenvalue weighted by atomic mass is 32.2. The van der Waals surface area contributed by atoms with Crippen LogP contribution in [0.25, 0.3) is 0 Å². The van der Waals surface area contributed by atoms with Gasteiger partial charge in [-0.25, -0.2) is 12.8 Å². The molecule has 1 unspecified atom stereocenters. The molecule has 0 amide bonds. The van der Waals surface area contributed by atoms with Gasteiger partial charge in [-0.1, -0.05) is 42.5 Å². The van der Waals surface area contributed by atoms with Gasteiger partial charge in [-0.15, -0.1) is 0 Å². The molecule has 0 aliphatic carbocycles. The molecule has 0 fully saturated rings. The van der Waals surface area contributed by atoms with E-state index in [0.717, 1.165) is 18.5 Å². The lowest BCUT2D eigenvalue weighted by atomic mass is 10.1. The van der Waals surface area contributed by atoms with E-state index < -0.39 is 21.9 Å². The van der Waals surface area contributed by atoms with Crippen LogP contribution in [-0.2, 0) is 10.0 Å². The molecular weight excluding hydrogens is 313 g/mol. The number of pyridine rings is 1. The average molecular weight is 325 g/mol. The highest BCUT2D eigenvalue weighted by Gasteiger charge is 2.23. The molecule has 0 saturated carbocycles. The van der Waals surface area contributed by atoms with Gasteiger partial charge < -0.3 is 5.73 Å². The minimum Gasteiger partial charge on any atom is -0.392 e. The number of hydrogen-bond acceptors (Lipinski definition) is 4. The van der Waals surface area contributed by atoms with E-state index in [9.17, 15) is 12.8 Å². The zero-order chi connectivity index (χ0) is 15.5. The summed E-state index contributed by atoms with van der Waals surface area (Å²) in [5.74, 6) is -0.746. The van der Waals surface area contributed by atoms with Crippen molar-refractivity contribution in [2.45, 2.75) is 10.9 Å². The number of sulfonamides is 1. The number of nitrogens with two attached hydrogens (primary N) is 1. The van der Waals surface area contributed by atoms with Crippen molar-refractivity contribution in [3.63, 3.8) is 0 Å². The SMILES string of the molecule is NC(=S)C(NS(=O)(=O)c1cncc(F)c1)c1ccccc1. The molecule has 1 aromatic heterocycles. The number of aromatic nitrogens is 1. The average Bonchev–Trinajstić information content (AvgIpc) is 2.45. The summed E-state index contributed by atoms with van der Waals surface area (Å²) in [6.07, 6.45) is 1.97. The second kappa shape index (κ2) is 6.25. The Hall–Kier alpha value is -1.90. The third-order valence-electron chi connectivity index (χ3n) is 2.68. The molecule has 3 N–H and O–H groups in total. The standard InChI is InChI=1S/C13H12FN3O2S2/c14-10-6-11(8-16-7-10)21(18,19)17-12(13(15)20)9-4-2-1-3-5-9/h1-8,12,17H,(H2,15,20). The normalized spacial score (nSPS) is 12.8. The third kappa shape index (κ3) is 3.81. The van der Waals surface area contributed by atoms with Gasteiger partial charge in [0.2, 0.25) is 10.0 Å². The number of rotatable bonds is 5. The fourth-order valence-corrected chi connectivity index (χ4v) is 3.14. The number of benzene rings is 1. The summed E-state index contributed by atoms with van der Waals surface area (Å²) in [5.41, 5.74) is 6.19. The van der Waals surface area contributed by atoms with E-state index in [0.29, 0.717) is 5.56 Å². The molecule has 0 radical (unpaired) electrons. The highest BCUT2D eigenvalue weighted by Crippen LogP contribution is 2.17. The van der Waals surface area contributed by atoms with Crippen molar-refractivity contribution < 1.29 is 12.8 Å². The van der Waals surface area contributed by atoms with Gasteiger partial charge >= 0.3 is 0 Å². The quantitative estimate of drug-likeness (QED) is 0.814. The Morgan fingerprint density at radius 1 is 1.29 bits per heavy atom. The van der Waals surface area contributed by atoms with Gasteiger partial charge in [0, 0.05) is 6.20 Å². The number of halogens is 1. The fraction of sp³-hybridized carbons (Fsp3) is 0.0769. The van der Waals surface area contributed by atoms with Crippen molar-refractivity contribution in [1.29, 1.82) is 0 Å². The monoisotopic (exact) mass is 325 g/mol. The molecule has 0 aliphatic rings. The lowest BCUT2D eigenvalue weighted by Crippen LogP contribution is -2.36. The number of hydrogen-bond donors (Lipinski definition) is 2. The largest absolute Gasteiger partial charge is 0.392 e. The summed E-state index contributed by atoms with van der Waals surface area (Å²) < 4.78 is 39.9. The topological polar surface area (TPSA) is 85.1 Å². The van der Waals surface area contributed by atoms with Gasteiger partial charge in [0.15, 0.2) is 0 Å². The van der Waals surface area contributed by atoms with E-state index in [1.54, 1.807) is 30.3 Å². The minimum atomic E-state index is -4.00. The van der Waals surface area contributed by atoms with Gasteiger partial charge in [0.05, 0.1) is 17.2 Å². The molecule has 1 aromatic carbocycles. The van der Waals surface area contributed by atoms with E-state index in [2.05, 4.69) is 9.71 Å². The van der Waals surface area contributed by atoms with E-state index in [1.807, 2.05) is 0 Å². The van der Waals surface area contributed by atoms with Crippen LogP contribution in [0.2, 0.25) is 0 Å². The molecule has 1 heterocycles. The lowest BCUT2D eigenvalue weighted by molar-refractivity contribution is 0.572. The maximum Gasteiger partial charge on any atom is 0.243 e. The van der Waals surface area contributed by atoms with E-state index in [1.165, 1.54) is 0 Å². The molecule has 110 valence electrons. The molecule has 2 rings (SSSR count). The Morgan fingerprint density at radius 3 is 2.52 bits per heavy atom. The molecule has 1 atom stereocenters. The van der Waals surface area contributed by atoms with Crippen LogP contribution in [0.5, 0.6) is 0 Å². The fourth-order valence-electron chi connectivity index (χ4n) is 1.70. The summed E-state index contributed by atoms with van der Waals surface area (Å²) in [4.78, 5) is 3.19. The Balaban J connectivity index is 2.35. The summed E-state index contributed by atoms with van der Waals surface area (Å²) in [6.45, 7) is 0. The maximum absolute atomic E-state index is 13.1. The van der Waals surface area contributed by atoms with Crippen molar-refractivity contribution >= 4 is 27.2 Å². The molecule has 0 aliphatic heterocycles. The Labute approximate surface area is 127 Å². The van der Waals surface area contributed by atoms with E-state index in [-0.39, 0.29) is 9.88 Å².